The minimum Gasteiger partial charge on any atom is -0.396 e. The topological polar surface area (TPSA) is 98.7 Å². The summed E-state index contributed by atoms with van der Waals surface area (Å²) < 4.78 is 2.64. The van der Waals surface area contributed by atoms with Crippen LogP contribution in [0.15, 0.2) is 24.7 Å². The van der Waals surface area contributed by atoms with E-state index in [-0.39, 0.29) is 5.91 Å². The summed E-state index contributed by atoms with van der Waals surface area (Å²) in [6.45, 7) is 0.302. The summed E-state index contributed by atoms with van der Waals surface area (Å²) >= 11 is 1.33. The molecule has 7 nitrogen and oxygen atoms in total. The minimum absolute atomic E-state index is 0.228. The fourth-order valence-electron chi connectivity index (χ4n) is 1.82. The van der Waals surface area contributed by atoms with Crippen LogP contribution in [0.25, 0.3) is 10.2 Å². The number of pyridine rings is 1. The van der Waals surface area contributed by atoms with Crippen LogP contribution < -0.4 is 11.1 Å². The first kappa shape index (κ1) is 12.5. The number of aryl methyl sites for hydroxylation is 1. The molecular formula is C12H12N6OS. The van der Waals surface area contributed by atoms with E-state index in [4.69, 9.17) is 5.73 Å². The Morgan fingerprint density at radius 3 is 3.10 bits per heavy atom. The monoisotopic (exact) mass is 288 g/mol. The zero-order valence-corrected chi connectivity index (χ0v) is 11.5. The Morgan fingerprint density at radius 1 is 1.55 bits per heavy atom. The van der Waals surface area contributed by atoms with Crippen LogP contribution in [0, 0.1) is 0 Å². The average Bonchev–Trinajstić information content (AvgIpc) is 3.01. The molecule has 0 radical (unpaired) electrons. The molecule has 0 bridgehead atoms. The van der Waals surface area contributed by atoms with Crippen molar-refractivity contribution in [3.63, 3.8) is 0 Å². The third-order valence-corrected chi connectivity index (χ3v) is 4.06. The number of nitrogens with one attached hydrogen (secondary N) is 1. The summed E-state index contributed by atoms with van der Waals surface area (Å²) in [5, 5.41) is 10.4. The lowest BCUT2D eigenvalue weighted by Crippen LogP contribution is -2.24. The highest BCUT2D eigenvalue weighted by atomic mass is 32.1. The molecule has 20 heavy (non-hydrogen) atoms. The molecule has 0 aromatic carbocycles. The molecular weight excluding hydrogens is 276 g/mol. The Labute approximate surface area is 118 Å². The van der Waals surface area contributed by atoms with E-state index in [0.717, 1.165) is 4.70 Å². The number of anilines is 1. The molecule has 0 fully saturated rings. The SMILES string of the molecule is Cn1cnnc1CNC(=O)c1sc2cccnc2c1N. The van der Waals surface area contributed by atoms with Crippen molar-refractivity contribution in [1.29, 1.82) is 0 Å². The highest BCUT2D eigenvalue weighted by Gasteiger charge is 2.17. The number of thiophene rings is 1. The quantitative estimate of drug-likeness (QED) is 0.747. The van der Waals surface area contributed by atoms with Gasteiger partial charge in [0, 0.05) is 13.2 Å². The number of carbonyl (C=O) groups excluding carboxylic acids is 1. The van der Waals surface area contributed by atoms with Crippen molar-refractivity contribution in [3.05, 3.63) is 35.4 Å². The van der Waals surface area contributed by atoms with Crippen LogP contribution in [-0.2, 0) is 13.6 Å². The maximum absolute atomic E-state index is 12.2. The van der Waals surface area contributed by atoms with E-state index in [1.165, 1.54) is 11.3 Å². The summed E-state index contributed by atoms with van der Waals surface area (Å²) in [5.74, 6) is 0.449. The zero-order valence-electron chi connectivity index (χ0n) is 10.7. The number of nitrogens with zero attached hydrogens (tertiary/aromatic N) is 4. The van der Waals surface area contributed by atoms with Gasteiger partial charge in [0.05, 0.1) is 16.9 Å². The number of amides is 1. The predicted molar refractivity (Wildman–Crippen MR) is 76.2 cm³/mol. The fraction of sp³-hybridized carbons (Fsp3) is 0.167. The van der Waals surface area contributed by atoms with Crippen molar-refractivity contribution in [2.75, 3.05) is 5.73 Å². The van der Waals surface area contributed by atoms with Gasteiger partial charge >= 0.3 is 0 Å². The number of nitrogen functional groups attached to an aromatic ring is 1. The largest absolute Gasteiger partial charge is 0.396 e. The molecule has 3 rings (SSSR count). The standard InChI is InChI=1S/C12H12N6OS/c1-18-6-16-17-8(18)5-15-12(19)11-9(13)10-7(20-11)3-2-4-14-10/h2-4,6H,5,13H2,1H3,(H,15,19). The molecule has 3 aromatic heterocycles. The maximum Gasteiger partial charge on any atom is 0.263 e. The molecule has 0 saturated carbocycles. The maximum atomic E-state index is 12.2. The molecule has 102 valence electrons. The van der Waals surface area contributed by atoms with Gasteiger partial charge in [-0.1, -0.05) is 0 Å². The summed E-state index contributed by atoms with van der Waals surface area (Å²) in [5.41, 5.74) is 7.06. The van der Waals surface area contributed by atoms with Gasteiger partial charge in [0.25, 0.3) is 5.91 Å². The summed E-state index contributed by atoms with van der Waals surface area (Å²) in [6.07, 6.45) is 3.24. The van der Waals surface area contributed by atoms with E-state index in [1.54, 1.807) is 17.1 Å². The lowest BCUT2D eigenvalue weighted by atomic mass is 10.3. The molecule has 3 heterocycles. The number of fused-ring (bicyclic) bond motifs is 1. The van der Waals surface area contributed by atoms with Crippen molar-refractivity contribution in [2.24, 2.45) is 7.05 Å². The van der Waals surface area contributed by atoms with Gasteiger partial charge in [0.2, 0.25) is 0 Å². The molecule has 3 N–H and O–H groups in total. The minimum atomic E-state index is -0.228. The third kappa shape index (κ3) is 2.10. The van der Waals surface area contributed by atoms with Gasteiger partial charge in [0.15, 0.2) is 5.82 Å². The second-order valence-corrected chi connectivity index (χ2v) is 5.29. The van der Waals surface area contributed by atoms with Crippen LogP contribution in [-0.4, -0.2) is 25.7 Å². The second-order valence-electron chi connectivity index (χ2n) is 4.24. The predicted octanol–water partition coefficient (Wildman–Crippen LogP) is 0.937. The fourth-order valence-corrected chi connectivity index (χ4v) is 2.82. The lowest BCUT2D eigenvalue weighted by Gasteiger charge is -2.03. The first-order chi connectivity index (χ1) is 9.66. The number of carbonyl (C=O) groups is 1. The van der Waals surface area contributed by atoms with Crippen molar-refractivity contribution in [1.82, 2.24) is 25.1 Å². The van der Waals surface area contributed by atoms with Gasteiger partial charge < -0.3 is 15.6 Å². The normalized spacial score (nSPS) is 10.8. The number of hydrogen-bond donors (Lipinski definition) is 2. The van der Waals surface area contributed by atoms with Crippen LogP contribution in [0.4, 0.5) is 5.69 Å². The molecule has 0 aliphatic heterocycles. The second kappa shape index (κ2) is 4.89. The van der Waals surface area contributed by atoms with Crippen LogP contribution in [0.1, 0.15) is 15.5 Å². The van der Waals surface area contributed by atoms with Crippen molar-refractivity contribution < 1.29 is 4.79 Å². The van der Waals surface area contributed by atoms with E-state index in [0.29, 0.717) is 28.5 Å². The van der Waals surface area contributed by atoms with Crippen LogP contribution >= 0.6 is 11.3 Å². The number of nitrogens with two attached hydrogens (primary N) is 1. The number of aromatic nitrogens is 4. The van der Waals surface area contributed by atoms with E-state index in [9.17, 15) is 4.79 Å². The molecule has 0 aliphatic carbocycles. The summed E-state index contributed by atoms with van der Waals surface area (Å²) in [6, 6.07) is 3.71. The van der Waals surface area contributed by atoms with E-state index in [2.05, 4.69) is 20.5 Å². The van der Waals surface area contributed by atoms with Gasteiger partial charge in [-0.3, -0.25) is 9.78 Å². The highest BCUT2D eigenvalue weighted by molar-refractivity contribution is 7.21. The Hall–Kier alpha value is -2.48. The Balaban J connectivity index is 1.82. The van der Waals surface area contributed by atoms with Crippen LogP contribution in [0.2, 0.25) is 0 Å². The molecule has 0 atom stereocenters. The van der Waals surface area contributed by atoms with Crippen LogP contribution in [0.5, 0.6) is 0 Å². The molecule has 0 unspecified atom stereocenters. The molecule has 0 aliphatic rings. The first-order valence-corrected chi connectivity index (χ1v) is 6.72. The smallest absolute Gasteiger partial charge is 0.263 e. The van der Waals surface area contributed by atoms with E-state index < -0.39 is 0 Å². The summed E-state index contributed by atoms with van der Waals surface area (Å²) in [4.78, 5) is 16.8. The van der Waals surface area contributed by atoms with Crippen molar-refractivity contribution >= 4 is 33.1 Å². The Morgan fingerprint density at radius 2 is 2.40 bits per heavy atom. The van der Waals surface area contributed by atoms with E-state index >= 15 is 0 Å². The zero-order chi connectivity index (χ0) is 14.1. The molecule has 0 saturated heterocycles. The lowest BCUT2D eigenvalue weighted by molar-refractivity contribution is 0.0954. The first-order valence-electron chi connectivity index (χ1n) is 5.91. The molecule has 0 spiro atoms. The van der Waals surface area contributed by atoms with Gasteiger partial charge in [-0.15, -0.1) is 21.5 Å². The molecule has 8 heteroatoms. The third-order valence-electron chi connectivity index (χ3n) is 2.90. The van der Waals surface area contributed by atoms with Crippen molar-refractivity contribution in [2.45, 2.75) is 6.54 Å². The Kier molecular flexibility index (Phi) is 3.07. The van der Waals surface area contributed by atoms with Gasteiger partial charge in [-0.25, -0.2) is 0 Å². The highest BCUT2D eigenvalue weighted by Crippen LogP contribution is 2.31. The van der Waals surface area contributed by atoms with E-state index in [1.807, 2.05) is 19.2 Å². The number of rotatable bonds is 3. The van der Waals surface area contributed by atoms with Gasteiger partial charge in [-0.05, 0) is 12.1 Å². The Bertz CT molecular complexity index is 777. The average molecular weight is 288 g/mol. The van der Waals surface area contributed by atoms with Gasteiger partial charge in [0.1, 0.15) is 16.7 Å². The van der Waals surface area contributed by atoms with Crippen LogP contribution in [0.3, 0.4) is 0 Å². The summed E-state index contributed by atoms with van der Waals surface area (Å²) in [7, 11) is 1.82. The molecule has 1 amide bonds. The molecule has 3 aromatic rings. The number of hydrogen-bond acceptors (Lipinski definition) is 6. The van der Waals surface area contributed by atoms with Crippen molar-refractivity contribution in [3.8, 4) is 0 Å². The van der Waals surface area contributed by atoms with Gasteiger partial charge in [-0.2, -0.15) is 0 Å².